The molecule has 1 aromatic heterocycles. The molecule has 0 spiro atoms. The molecule has 0 aromatic carbocycles. The molecule has 1 atom stereocenters. The van der Waals surface area contributed by atoms with Gasteiger partial charge in [0.25, 0.3) is 0 Å². The number of thiophene rings is 1. The summed E-state index contributed by atoms with van der Waals surface area (Å²) in [5.74, 6) is 0.291. The van der Waals surface area contributed by atoms with Gasteiger partial charge in [-0.25, -0.2) is 0 Å². The van der Waals surface area contributed by atoms with Gasteiger partial charge >= 0.3 is 0 Å². The van der Waals surface area contributed by atoms with Crippen molar-refractivity contribution in [1.82, 2.24) is 10.2 Å². The maximum absolute atomic E-state index is 11.8. The molecule has 1 aromatic rings. The van der Waals surface area contributed by atoms with Crippen LogP contribution in [0, 0.1) is 0 Å². The molecule has 2 heterocycles. The molecule has 5 heteroatoms. The van der Waals surface area contributed by atoms with E-state index in [4.69, 9.17) is 0 Å². The molecule has 18 heavy (non-hydrogen) atoms. The van der Waals surface area contributed by atoms with Crippen LogP contribution in [0.5, 0.6) is 0 Å². The zero-order chi connectivity index (χ0) is 13.0. The third-order valence-electron chi connectivity index (χ3n) is 3.26. The minimum absolute atomic E-state index is 0.291. The summed E-state index contributed by atoms with van der Waals surface area (Å²) < 4.78 is 1.13. The first kappa shape index (κ1) is 14.0. The second-order valence-electron chi connectivity index (χ2n) is 4.68. The van der Waals surface area contributed by atoms with Crippen LogP contribution in [0.25, 0.3) is 0 Å². The summed E-state index contributed by atoms with van der Waals surface area (Å²) in [7, 11) is 0. The van der Waals surface area contributed by atoms with Crippen molar-refractivity contribution in [2.75, 3.05) is 19.6 Å². The van der Waals surface area contributed by atoms with Gasteiger partial charge in [0.1, 0.15) is 0 Å². The highest BCUT2D eigenvalue weighted by molar-refractivity contribution is 9.10. The van der Waals surface area contributed by atoms with E-state index < -0.39 is 0 Å². The van der Waals surface area contributed by atoms with E-state index in [1.807, 2.05) is 4.90 Å². The molecule has 1 amide bonds. The summed E-state index contributed by atoms with van der Waals surface area (Å²) in [6.07, 6.45) is 2.94. The average Bonchev–Trinajstić information content (AvgIpc) is 2.99. The standard InChI is InChI=1S/C13H19BrN2OS/c1-10(12-8-11(14)9-18-12)15-5-4-13(17)16-6-2-3-7-16/h8-10,15H,2-7H2,1H3. The first-order valence-corrected chi connectivity index (χ1v) is 8.09. The Morgan fingerprint density at radius 2 is 2.28 bits per heavy atom. The van der Waals surface area contributed by atoms with Gasteiger partial charge in [-0.2, -0.15) is 0 Å². The lowest BCUT2D eigenvalue weighted by Crippen LogP contribution is -2.31. The molecular formula is C13H19BrN2OS. The lowest BCUT2D eigenvalue weighted by molar-refractivity contribution is -0.130. The zero-order valence-electron chi connectivity index (χ0n) is 10.6. The quantitative estimate of drug-likeness (QED) is 0.899. The predicted molar refractivity (Wildman–Crippen MR) is 78.9 cm³/mol. The second kappa shape index (κ2) is 6.68. The van der Waals surface area contributed by atoms with Gasteiger partial charge in [-0.05, 0) is 41.8 Å². The van der Waals surface area contributed by atoms with Crippen LogP contribution >= 0.6 is 27.3 Å². The van der Waals surface area contributed by atoms with Gasteiger partial charge in [0.05, 0.1) is 0 Å². The molecule has 0 aliphatic carbocycles. The molecule has 1 aliphatic rings. The van der Waals surface area contributed by atoms with E-state index in [-0.39, 0.29) is 0 Å². The number of rotatable bonds is 5. The van der Waals surface area contributed by atoms with Gasteiger partial charge < -0.3 is 10.2 Å². The predicted octanol–water partition coefficient (Wildman–Crippen LogP) is 3.17. The molecule has 2 rings (SSSR count). The van der Waals surface area contributed by atoms with E-state index in [0.29, 0.717) is 18.4 Å². The number of halogens is 1. The van der Waals surface area contributed by atoms with Crippen LogP contribution in [0.15, 0.2) is 15.9 Å². The van der Waals surface area contributed by atoms with E-state index in [1.54, 1.807) is 11.3 Å². The smallest absolute Gasteiger partial charge is 0.223 e. The largest absolute Gasteiger partial charge is 0.343 e. The van der Waals surface area contributed by atoms with Crippen LogP contribution in [-0.2, 0) is 4.79 Å². The maximum atomic E-state index is 11.8. The van der Waals surface area contributed by atoms with Gasteiger partial charge in [-0.3, -0.25) is 4.79 Å². The van der Waals surface area contributed by atoms with Crippen molar-refractivity contribution in [1.29, 1.82) is 0 Å². The molecule has 1 aliphatic heterocycles. The van der Waals surface area contributed by atoms with Crippen molar-refractivity contribution in [2.45, 2.75) is 32.2 Å². The zero-order valence-corrected chi connectivity index (χ0v) is 13.0. The van der Waals surface area contributed by atoms with Crippen LogP contribution in [-0.4, -0.2) is 30.4 Å². The Kier molecular flexibility index (Phi) is 5.21. The molecule has 0 saturated carbocycles. The highest BCUT2D eigenvalue weighted by Crippen LogP contribution is 2.25. The van der Waals surface area contributed by atoms with Crippen molar-refractivity contribution in [3.8, 4) is 0 Å². The molecule has 0 radical (unpaired) electrons. The number of nitrogens with zero attached hydrogens (tertiary/aromatic N) is 1. The van der Waals surface area contributed by atoms with E-state index in [2.05, 4.69) is 39.6 Å². The Labute approximate surface area is 121 Å². The van der Waals surface area contributed by atoms with Crippen molar-refractivity contribution >= 4 is 33.2 Å². The SMILES string of the molecule is CC(NCCC(=O)N1CCCC1)c1cc(Br)cs1. The number of carbonyl (C=O) groups is 1. The first-order chi connectivity index (χ1) is 8.66. The minimum atomic E-state index is 0.291. The van der Waals surface area contributed by atoms with Crippen LogP contribution in [0.3, 0.4) is 0 Å². The van der Waals surface area contributed by atoms with Crippen molar-refractivity contribution in [3.63, 3.8) is 0 Å². The van der Waals surface area contributed by atoms with Gasteiger partial charge in [0, 0.05) is 46.8 Å². The highest BCUT2D eigenvalue weighted by Gasteiger charge is 2.17. The van der Waals surface area contributed by atoms with Crippen LogP contribution in [0.2, 0.25) is 0 Å². The van der Waals surface area contributed by atoms with Gasteiger partial charge in [-0.1, -0.05) is 0 Å². The van der Waals surface area contributed by atoms with Gasteiger partial charge in [0.2, 0.25) is 5.91 Å². The number of hydrogen-bond donors (Lipinski definition) is 1. The summed E-state index contributed by atoms with van der Waals surface area (Å²) in [5, 5.41) is 5.49. The van der Waals surface area contributed by atoms with E-state index >= 15 is 0 Å². The van der Waals surface area contributed by atoms with Crippen molar-refractivity contribution < 1.29 is 4.79 Å². The maximum Gasteiger partial charge on any atom is 0.223 e. The first-order valence-electron chi connectivity index (χ1n) is 6.42. The van der Waals surface area contributed by atoms with Crippen molar-refractivity contribution in [2.24, 2.45) is 0 Å². The van der Waals surface area contributed by atoms with Gasteiger partial charge in [0.15, 0.2) is 0 Å². The fraction of sp³-hybridized carbons (Fsp3) is 0.615. The van der Waals surface area contributed by atoms with E-state index in [0.717, 1.165) is 24.1 Å². The highest BCUT2D eigenvalue weighted by atomic mass is 79.9. The lowest BCUT2D eigenvalue weighted by Gasteiger charge is -2.16. The Balaban J connectivity index is 1.70. The molecule has 1 unspecified atom stereocenters. The lowest BCUT2D eigenvalue weighted by atomic mass is 10.2. The molecule has 3 nitrogen and oxygen atoms in total. The molecule has 1 saturated heterocycles. The van der Waals surface area contributed by atoms with Crippen LogP contribution in [0.1, 0.15) is 37.1 Å². The Morgan fingerprint density at radius 3 is 2.89 bits per heavy atom. The average molecular weight is 331 g/mol. The summed E-state index contributed by atoms with van der Waals surface area (Å²) >= 11 is 5.20. The topological polar surface area (TPSA) is 32.3 Å². The molecule has 100 valence electrons. The normalized spacial score (nSPS) is 17.1. The summed E-state index contributed by atoms with van der Waals surface area (Å²) in [4.78, 5) is 15.1. The number of nitrogens with one attached hydrogen (secondary N) is 1. The summed E-state index contributed by atoms with van der Waals surface area (Å²) in [6.45, 7) is 4.79. The number of likely N-dealkylation sites (tertiary alicyclic amines) is 1. The fourth-order valence-corrected chi connectivity index (χ4v) is 3.65. The third kappa shape index (κ3) is 3.80. The number of amides is 1. The number of hydrogen-bond acceptors (Lipinski definition) is 3. The Bertz CT molecular complexity index is 401. The minimum Gasteiger partial charge on any atom is -0.343 e. The Morgan fingerprint density at radius 1 is 1.56 bits per heavy atom. The van der Waals surface area contributed by atoms with Crippen molar-refractivity contribution in [3.05, 3.63) is 20.8 Å². The molecule has 1 fully saturated rings. The Hall–Kier alpha value is -0.390. The summed E-state index contributed by atoms with van der Waals surface area (Å²) in [5.41, 5.74) is 0. The van der Waals surface area contributed by atoms with E-state index in [9.17, 15) is 4.79 Å². The molecule has 1 N–H and O–H groups in total. The van der Waals surface area contributed by atoms with E-state index in [1.165, 1.54) is 17.7 Å². The summed E-state index contributed by atoms with van der Waals surface area (Å²) in [6, 6.07) is 2.44. The van der Waals surface area contributed by atoms with Crippen LogP contribution < -0.4 is 5.32 Å². The monoisotopic (exact) mass is 330 g/mol. The fourth-order valence-electron chi connectivity index (χ4n) is 2.18. The van der Waals surface area contributed by atoms with Gasteiger partial charge in [-0.15, -0.1) is 11.3 Å². The second-order valence-corrected chi connectivity index (χ2v) is 6.54. The van der Waals surface area contributed by atoms with Crippen LogP contribution in [0.4, 0.5) is 0 Å². The molecule has 0 bridgehead atoms. The number of carbonyl (C=O) groups excluding carboxylic acids is 1. The molecular weight excluding hydrogens is 312 g/mol. The third-order valence-corrected chi connectivity index (χ3v) is 5.14.